The van der Waals surface area contributed by atoms with Crippen LogP contribution >= 0.6 is 0 Å². The number of rotatable bonds is 7. The molecular weight excluding hydrogens is 434 g/mol. The Morgan fingerprint density at radius 1 is 1.24 bits per heavy atom. The Bertz CT molecular complexity index is 1050. The zero-order chi connectivity index (χ0) is 23.7. The summed E-state index contributed by atoms with van der Waals surface area (Å²) in [5.74, 6) is -2.88. The zero-order valence-corrected chi connectivity index (χ0v) is 17.5. The fourth-order valence-electron chi connectivity index (χ4n) is 4.11. The van der Waals surface area contributed by atoms with Gasteiger partial charge in [-0.2, -0.15) is 4.99 Å². The number of nitrogens with two attached hydrogens (primary N) is 1. The van der Waals surface area contributed by atoms with Crippen LogP contribution in [-0.4, -0.2) is 88.5 Å². The van der Waals surface area contributed by atoms with Crippen molar-refractivity contribution >= 4 is 41.2 Å². The molecule has 1 saturated heterocycles. The molecule has 2 amide bonds. The van der Waals surface area contributed by atoms with Crippen LogP contribution in [0.5, 0.6) is 0 Å². The maximum Gasteiger partial charge on any atom is 0.326 e. The molecule has 1 fully saturated rings. The average molecular weight is 457 g/mol. The van der Waals surface area contributed by atoms with Gasteiger partial charge in [-0.15, -0.1) is 0 Å². The Balaban J connectivity index is 1.41. The van der Waals surface area contributed by atoms with Gasteiger partial charge in [0.05, 0.1) is 13.2 Å². The second kappa shape index (κ2) is 8.86. The number of carboxylic acid groups (broad SMARTS) is 2. The first-order chi connectivity index (χ1) is 15.7. The van der Waals surface area contributed by atoms with Crippen LogP contribution in [0.1, 0.15) is 23.2 Å². The third-order valence-electron chi connectivity index (χ3n) is 5.75. The number of aliphatic imine (C=N–C) groups is 2. The zero-order valence-electron chi connectivity index (χ0n) is 17.5. The summed E-state index contributed by atoms with van der Waals surface area (Å²) in [5.41, 5.74) is 6.69. The Morgan fingerprint density at radius 2 is 1.97 bits per heavy atom. The monoisotopic (exact) mass is 457 g/mol. The van der Waals surface area contributed by atoms with E-state index in [1.54, 1.807) is 24.3 Å². The number of aliphatic carboxylic acids is 2. The van der Waals surface area contributed by atoms with Crippen molar-refractivity contribution in [3.05, 3.63) is 29.8 Å². The minimum absolute atomic E-state index is 0.0209. The van der Waals surface area contributed by atoms with E-state index in [0.717, 1.165) is 5.69 Å². The summed E-state index contributed by atoms with van der Waals surface area (Å²) in [4.78, 5) is 59.5. The summed E-state index contributed by atoms with van der Waals surface area (Å²) in [6.45, 7) is 1.57. The number of amides is 2. The molecular formula is C20H23N7O6. The highest BCUT2D eigenvalue weighted by atomic mass is 16.4. The van der Waals surface area contributed by atoms with E-state index < -0.39 is 29.9 Å². The van der Waals surface area contributed by atoms with E-state index in [-0.39, 0.29) is 36.3 Å². The van der Waals surface area contributed by atoms with E-state index in [0.29, 0.717) is 25.6 Å². The fraction of sp³-hybridized carbons (Fsp3) is 0.400. The molecule has 0 aliphatic carbocycles. The smallest absolute Gasteiger partial charge is 0.326 e. The van der Waals surface area contributed by atoms with Crippen molar-refractivity contribution in [3.8, 4) is 0 Å². The van der Waals surface area contributed by atoms with Crippen molar-refractivity contribution in [2.75, 3.05) is 24.7 Å². The predicted octanol–water partition coefficient (Wildman–Crippen LogP) is -1.59. The number of benzene rings is 1. The third kappa shape index (κ3) is 4.62. The molecule has 6 N–H and O–H groups in total. The van der Waals surface area contributed by atoms with E-state index >= 15 is 0 Å². The highest BCUT2D eigenvalue weighted by molar-refractivity contribution is 6.19. The lowest BCUT2D eigenvalue weighted by molar-refractivity contribution is -0.140. The van der Waals surface area contributed by atoms with Gasteiger partial charge >= 0.3 is 11.9 Å². The number of nitrogens with one attached hydrogen (secondary N) is 2. The Morgan fingerprint density at radius 3 is 2.64 bits per heavy atom. The van der Waals surface area contributed by atoms with Crippen LogP contribution in [0.3, 0.4) is 0 Å². The van der Waals surface area contributed by atoms with Crippen molar-refractivity contribution in [1.82, 2.24) is 15.5 Å². The molecule has 3 atom stereocenters. The second-order valence-electron chi connectivity index (χ2n) is 7.96. The highest BCUT2D eigenvalue weighted by Gasteiger charge is 2.45. The predicted molar refractivity (Wildman–Crippen MR) is 116 cm³/mol. The summed E-state index contributed by atoms with van der Waals surface area (Å²) in [6.07, 6.45) is -0.584. The number of anilines is 1. The number of guanidine groups is 1. The average Bonchev–Trinajstić information content (AvgIpc) is 3.20. The first-order valence-corrected chi connectivity index (χ1v) is 10.3. The number of hydrogen-bond donors (Lipinski definition) is 5. The Labute approximate surface area is 188 Å². The van der Waals surface area contributed by atoms with Gasteiger partial charge in [-0.3, -0.25) is 29.6 Å². The number of carboxylic acids is 2. The van der Waals surface area contributed by atoms with Crippen LogP contribution in [-0.2, 0) is 14.4 Å². The van der Waals surface area contributed by atoms with Crippen LogP contribution in [0.15, 0.2) is 34.3 Å². The number of hydrogen-bond acceptors (Lipinski definition) is 9. The number of nitrogens with zero attached hydrogens (tertiary/aromatic N) is 4. The first-order valence-electron chi connectivity index (χ1n) is 10.3. The van der Waals surface area contributed by atoms with Crippen molar-refractivity contribution in [3.63, 3.8) is 0 Å². The summed E-state index contributed by atoms with van der Waals surface area (Å²) < 4.78 is 0. The van der Waals surface area contributed by atoms with Crippen LogP contribution in [0.4, 0.5) is 5.69 Å². The molecule has 3 heterocycles. The van der Waals surface area contributed by atoms with Gasteiger partial charge in [0.1, 0.15) is 6.04 Å². The third-order valence-corrected chi connectivity index (χ3v) is 5.75. The fourth-order valence-corrected chi connectivity index (χ4v) is 4.11. The number of fused-ring (bicyclic) bond motifs is 3. The molecule has 4 rings (SSSR count). The molecule has 3 aliphatic rings. The van der Waals surface area contributed by atoms with Gasteiger partial charge in [0, 0.05) is 30.3 Å². The van der Waals surface area contributed by atoms with Crippen LogP contribution in [0.25, 0.3) is 0 Å². The molecule has 2 unspecified atom stereocenters. The maximum atomic E-state index is 12.4. The molecule has 1 aromatic rings. The van der Waals surface area contributed by atoms with E-state index in [1.807, 2.05) is 9.80 Å². The van der Waals surface area contributed by atoms with Crippen molar-refractivity contribution in [2.45, 2.75) is 31.0 Å². The van der Waals surface area contributed by atoms with E-state index in [4.69, 9.17) is 10.8 Å². The minimum Gasteiger partial charge on any atom is -0.481 e. The standard InChI is InChI=1S/C20H23N7O6/c21-20-24-16-15(18(31)25-20)27-9-26(8-12(27)7-22-16)11-3-1-10(2-4-11)17(30)23-13(19(32)33)5-6-14(28)29/h1-4,12-13,15H,5-9H2,(H,23,30)(H,28,29)(H,32,33)(H3,21,22,24,25,31)/t12?,13-,15?/m0/s1. The Hall–Kier alpha value is -4.00. The van der Waals surface area contributed by atoms with Crippen molar-refractivity contribution < 1.29 is 29.4 Å². The minimum atomic E-state index is -1.30. The SMILES string of the molecule is NC1=NC2=NCC3CN(c4ccc(C(=O)N[C@@H](CCC(=O)O)C(=O)O)cc4)CN3C2C(=O)N1. The molecule has 13 nitrogen and oxygen atoms in total. The van der Waals surface area contributed by atoms with Gasteiger partial charge < -0.3 is 26.2 Å². The molecule has 1 aromatic carbocycles. The quantitative estimate of drug-likeness (QED) is 0.321. The molecule has 3 aliphatic heterocycles. The molecule has 13 heteroatoms. The molecule has 33 heavy (non-hydrogen) atoms. The number of amidine groups is 1. The number of carbonyl (C=O) groups excluding carboxylic acids is 2. The molecule has 174 valence electrons. The second-order valence-corrected chi connectivity index (χ2v) is 7.96. The molecule has 0 aromatic heterocycles. The maximum absolute atomic E-state index is 12.4. The van der Waals surface area contributed by atoms with Gasteiger partial charge in [-0.25, -0.2) is 4.79 Å². The van der Waals surface area contributed by atoms with Crippen molar-refractivity contribution in [1.29, 1.82) is 0 Å². The summed E-state index contributed by atoms with van der Waals surface area (Å²) in [5, 5.41) is 22.8. The van der Waals surface area contributed by atoms with Gasteiger partial charge in [0.2, 0.25) is 5.96 Å². The lowest BCUT2D eigenvalue weighted by Gasteiger charge is -2.35. The van der Waals surface area contributed by atoms with E-state index in [2.05, 4.69) is 20.6 Å². The first kappa shape index (κ1) is 22.2. The lowest BCUT2D eigenvalue weighted by atomic mass is 10.1. The van der Waals surface area contributed by atoms with E-state index in [9.17, 15) is 24.3 Å². The number of carbonyl (C=O) groups is 4. The van der Waals surface area contributed by atoms with Crippen LogP contribution in [0, 0.1) is 0 Å². The van der Waals surface area contributed by atoms with Crippen LogP contribution in [0.2, 0.25) is 0 Å². The lowest BCUT2D eigenvalue weighted by Crippen LogP contribution is -2.61. The Kier molecular flexibility index (Phi) is 5.96. The van der Waals surface area contributed by atoms with Gasteiger partial charge in [-0.1, -0.05) is 0 Å². The van der Waals surface area contributed by atoms with Gasteiger partial charge in [0.25, 0.3) is 11.8 Å². The van der Waals surface area contributed by atoms with Crippen LogP contribution < -0.4 is 21.3 Å². The van der Waals surface area contributed by atoms with Gasteiger partial charge in [0.15, 0.2) is 11.9 Å². The molecule has 0 radical (unpaired) electrons. The van der Waals surface area contributed by atoms with E-state index in [1.165, 1.54) is 0 Å². The van der Waals surface area contributed by atoms with Gasteiger partial charge in [-0.05, 0) is 30.7 Å². The topological polar surface area (TPSA) is 190 Å². The summed E-state index contributed by atoms with van der Waals surface area (Å²) >= 11 is 0. The normalized spacial score (nSPS) is 22.9. The summed E-state index contributed by atoms with van der Waals surface area (Å²) in [7, 11) is 0. The highest BCUT2D eigenvalue weighted by Crippen LogP contribution is 2.28. The van der Waals surface area contributed by atoms with Crippen molar-refractivity contribution in [2.24, 2.45) is 15.7 Å². The molecule has 0 spiro atoms. The molecule has 0 saturated carbocycles. The largest absolute Gasteiger partial charge is 0.481 e. The summed E-state index contributed by atoms with van der Waals surface area (Å²) in [6, 6.07) is 4.72. The molecule has 0 bridgehead atoms.